The summed E-state index contributed by atoms with van der Waals surface area (Å²) in [5, 5.41) is 8.00. The molecular formula is C14H9ClF6N4O. The van der Waals surface area contributed by atoms with E-state index in [9.17, 15) is 31.1 Å². The highest BCUT2D eigenvalue weighted by Crippen LogP contribution is 2.42. The summed E-state index contributed by atoms with van der Waals surface area (Å²) in [5.74, 6) is -1.10. The van der Waals surface area contributed by atoms with Crippen molar-refractivity contribution in [3.63, 3.8) is 0 Å². The van der Waals surface area contributed by atoms with Crippen LogP contribution in [0.5, 0.6) is 0 Å². The van der Waals surface area contributed by atoms with E-state index in [0.717, 1.165) is 6.92 Å². The van der Waals surface area contributed by atoms with Gasteiger partial charge in [-0.3, -0.25) is 4.79 Å². The van der Waals surface area contributed by atoms with E-state index in [1.54, 1.807) is 0 Å². The van der Waals surface area contributed by atoms with E-state index >= 15 is 0 Å². The zero-order valence-corrected chi connectivity index (χ0v) is 13.6. The Morgan fingerprint density at radius 2 is 1.96 bits per heavy atom. The largest absolute Gasteiger partial charge is 0.412 e. The van der Waals surface area contributed by atoms with Crippen LogP contribution in [0.4, 0.5) is 37.7 Å². The standard InChI is InChI=1S/C14H9ClF6N4O/c1-12(5-10(24-25-12)14(19,20)21)11(26)23-9-3-6(13(16,17)18)8(22-2)4-7(9)15/h3-4,10H,5H2,1H3,(H,23,26). The lowest BCUT2D eigenvalue weighted by atomic mass is 9.94. The van der Waals surface area contributed by atoms with Gasteiger partial charge in [-0.25, -0.2) is 4.85 Å². The zero-order valence-electron chi connectivity index (χ0n) is 12.8. The summed E-state index contributed by atoms with van der Waals surface area (Å²) in [7, 11) is 0. The Kier molecular flexibility index (Phi) is 4.93. The number of nitrogens with zero attached hydrogens (tertiary/aromatic N) is 3. The minimum absolute atomic E-state index is 0.372. The molecule has 12 heteroatoms. The number of benzene rings is 1. The Labute approximate surface area is 147 Å². The monoisotopic (exact) mass is 398 g/mol. The second-order valence-electron chi connectivity index (χ2n) is 5.66. The molecule has 140 valence electrons. The van der Waals surface area contributed by atoms with Crippen molar-refractivity contribution < 1.29 is 31.1 Å². The quantitative estimate of drug-likeness (QED) is 0.526. The van der Waals surface area contributed by atoms with Gasteiger partial charge in [0, 0.05) is 6.42 Å². The van der Waals surface area contributed by atoms with Crippen LogP contribution in [0.25, 0.3) is 4.85 Å². The van der Waals surface area contributed by atoms with Crippen LogP contribution in [-0.4, -0.2) is 23.7 Å². The lowest BCUT2D eigenvalue weighted by Crippen LogP contribution is -2.40. The molecule has 0 bridgehead atoms. The summed E-state index contributed by atoms with van der Waals surface area (Å²) in [6.07, 6.45) is -10.4. The second-order valence-corrected chi connectivity index (χ2v) is 6.07. The lowest BCUT2D eigenvalue weighted by Gasteiger charge is -2.21. The molecule has 0 radical (unpaired) electrons. The van der Waals surface area contributed by atoms with Crippen LogP contribution in [0, 0.1) is 6.57 Å². The maximum absolute atomic E-state index is 13.0. The van der Waals surface area contributed by atoms with Crippen LogP contribution in [0.15, 0.2) is 22.4 Å². The third kappa shape index (κ3) is 3.90. The fraction of sp³-hybridized carbons (Fsp3) is 0.429. The number of anilines is 1. The van der Waals surface area contributed by atoms with Crippen molar-refractivity contribution in [3.8, 4) is 0 Å². The van der Waals surface area contributed by atoms with Gasteiger partial charge in [-0.05, 0) is 19.1 Å². The number of amides is 1. The number of carbonyl (C=O) groups excluding carboxylic acids is 1. The number of nitrogens with one attached hydrogen (secondary N) is 1. The van der Waals surface area contributed by atoms with Gasteiger partial charge in [-0.1, -0.05) is 11.6 Å². The summed E-state index contributed by atoms with van der Waals surface area (Å²) in [5.41, 5.74) is -4.52. The fourth-order valence-electron chi connectivity index (χ4n) is 2.21. The Hall–Kier alpha value is -2.35. The molecule has 0 aliphatic carbocycles. The van der Waals surface area contributed by atoms with Gasteiger partial charge < -0.3 is 5.32 Å². The molecule has 1 aromatic carbocycles. The molecule has 2 rings (SSSR count). The van der Waals surface area contributed by atoms with Crippen molar-refractivity contribution in [2.24, 2.45) is 10.2 Å². The van der Waals surface area contributed by atoms with Crippen molar-refractivity contribution in [1.29, 1.82) is 0 Å². The molecule has 0 saturated carbocycles. The Morgan fingerprint density at radius 3 is 2.42 bits per heavy atom. The van der Waals surface area contributed by atoms with Gasteiger partial charge in [0.05, 0.1) is 22.8 Å². The first-order valence-electron chi connectivity index (χ1n) is 6.86. The first kappa shape index (κ1) is 20.0. The van der Waals surface area contributed by atoms with E-state index in [2.05, 4.69) is 15.1 Å². The molecule has 26 heavy (non-hydrogen) atoms. The average molecular weight is 399 g/mol. The van der Waals surface area contributed by atoms with E-state index in [0.29, 0.717) is 12.1 Å². The number of halogens is 7. The second kappa shape index (κ2) is 6.42. The van der Waals surface area contributed by atoms with Gasteiger partial charge in [0.15, 0.2) is 11.6 Å². The van der Waals surface area contributed by atoms with Gasteiger partial charge in [-0.2, -0.15) is 36.6 Å². The van der Waals surface area contributed by atoms with Crippen molar-refractivity contribution in [2.75, 3.05) is 5.32 Å². The molecule has 2 unspecified atom stereocenters. The number of hydrogen-bond donors (Lipinski definition) is 1. The number of hydrogen-bond acceptors (Lipinski definition) is 3. The van der Waals surface area contributed by atoms with Gasteiger partial charge in [0.2, 0.25) is 5.69 Å². The van der Waals surface area contributed by atoms with Crippen molar-refractivity contribution >= 4 is 28.9 Å². The minimum Gasteiger partial charge on any atom is -0.323 e. The summed E-state index contributed by atoms with van der Waals surface area (Å²) in [6, 6.07) is -1.02. The molecular weight excluding hydrogens is 390 g/mol. The third-order valence-corrected chi connectivity index (χ3v) is 3.95. The van der Waals surface area contributed by atoms with Crippen LogP contribution < -0.4 is 5.32 Å². The maximum Gasteiger partial charge on any atom is 0.412 e. The molecule has 0 fully saturated rings. The summed E-state index contributed by atoms with van der Waals surface area (Å²) in [6.45, 7) is 7.84. The molecule has 5 nitrogen and oxygen atoms in total. The topological polar surface area (TPSA) is 58.2 Å². The highest BCUT2D eigenvalue weighted by atomic mass is 35.5. The fourth-order valence-corrected chi connectivity index (χ4v) is 2.41. The Morgan fingerprint density at radius 1 is 1.35 bits per heavy atom. The maximum atomic E-state index is 13.0. The predicted molar refractivity (Wildman–Crippen MR) is 79.1 cm³/mol. The average Bonchev–Trinajstić information content (AvgIpc) is 2.91. The first-order valence-corrected chi connectivity index (χ1v) is 7.24. The molecule has 1 aliphatic rings. The van der Waals surface area contributed by atoms with Crippen LogP contribution in [0.1, 0.15) is 18.9 Å². The molecule has 0 spiro atoms. The smallest absolute Gasteiger partial charge is 0.323 e. The van der Waals surface area contributed by atoms with Crippen molar-refractivity contribution in [3.05, 3.63) is 34.1 Å². The van der Waals surface area contributed by atoms with Gasteiger partial charge in [0.1, 0.15) is 0 Å². The van der Waals surface area contributed by atoms with Crippen LogP contribution in [-0.2, 0) is 11.0 Å². The Bertz CT molecular complexity index is 813. The van der Waals surface area contributed by atoms with Crippen molar-refractivity contribution in [2.45, 2.75) is 37.3 Å². The molecule has 1 aromatic rings. The number of carbonyl (C=O) groups is 1. The van der Waals surface area contributed by atoms with E-state index in [1.165, 1.54) is 0 Å². The van der Waals surface area contributed by atoms with Crippen LogP contribution >= 0.6 is 11.6 Å². The summed E-state index contributed by atoms with van der Waals surface area (Å²) < 4.78 is 77.0. The normalized spacial score (nSPS) is 23.0. The van der Waals surface area contributed by atoms with E-state index in [1.807, 2.05) is 5.32 Å². The highest BCUT2D eigenvalue weighted by Gasteiger charge is 2.51. The van der Waals surface area contributed by atoms with E-state index in [-0.39, 0.29) is 5.02 Å². The third-order valence-electron chi connectivity index (χ3n) is 3.64. The molecule has 0 saturated heterocycles. The molecule has 0 aromatic heterocycles. The Balaban J connectivity index is 2.31. The molecule has 2 atom stereocenters. The number of alkyl halides is 6. The van der Waals surface area contributed by atoms with Crippen molar-refractivity contribution in [1.82, 2.24) is 0 Å². The minimum atomic E-state index is -4.89. The zero-order chi connectivity index (χ0) is 19.9. The first-order chi connectivity index (χ1) is 11.8. The molecule has 1 N–H and O–H groups in total. The molecule has 1 amide bonds. The summed E-state index contributed by atoms with van der Waals surface area (Å²) >= 11 is 5.77. The highest BCUT2D eigenvalue weighted by molar-refractivity contribution is 6.34. The molecule has 1 heterocycles. The van der Waals surface area contributed by atoms with E-state index in [4.69, 9.17) is 18.2 Å². The predicted octanol–water partition coefficient (Wildman–Crippen LogP) is 5.39. The lowest BCUT2D eigenvalue weighted by molar-refractivity contribution is -0.148. The molecule has 1 aliphatic heterocycles. The van der Waals surface area contributed by atoms with Gasteiger partial charge >= 0.3 is 12.4 Å². The van der Waals surface area contributed by atoms with Crippen LogP contribution in [0.3, 0.4) is 0 Å². The summed E-state index contributed by atoms with van der Waals surface area (Å²) in [4.78, 5) is 15.0. The van der Waals surface area contributed by atoms with Gasteiger partial charge in [0.25, 0.3) is 5.91 Å². The SMILES string of the molecule is [C-]#[N+]c1cc(Cl)c(NC(=O)C2(C)CC(C(F)(F)F)N=N2)cc1C(F)(F)F. The van der Waals surface area contributed by atoms with Crippen LogP contribution in [0.2, 0.25) is 5.02 Å². The van der Waals surface area contributed by atoms with Gasteiger partial charge in [-0.15, -0.1) is 0 Å². The number of rotatable bonds is 2. The number of azo groups is 1. The van der Waals surface area contributed by atoms with E-state index < -0.39 is 53.2 Å².